The molecule has 0 aromatic heterocycles. The van der Waals surface area contributed by atoms with E-state index in [2.05, 4.69) is 63.2 Å². The van der Waals surface area contributed by atoms with Crippen molar-refractivity contribution in [3.63, 3.8) is 0 Å². The molecule has 0 heterocycles. The van der Waals surface area contributed by atoms with Crippen LogP contribution in [0.5, 0.6) is 0 Å². The first-order valence-corrected chi connectivity index (χ1v) is 7.07. The average molecular weight is 248 g/mol. The first kappa shape index (κ1) is 15.2. The lowest BCUT2D eigenvalue weighted by atomic mass is 10.0. The van der Waals surface area contributed by atoms with E-state index in [4.69, 9.17) is 0 Å². The van der Waals surface area contributed by atoms with Gasteiger partial charge in [0, 0.05) is 12.6 Å². The molecule has 1 rings (SSSR count). The Morgan fingerprint density at radius 2 is 1.89 bits per heavy atom. The van der Waals surface area contributed by atoms with Gasteiger partial charge in [-0.25, -0.2) is 0 Å². The van der Waals surface area contributed by atoms with Crippen molar-refractivity contribution in [2.75, 3.05) is 26.7 Å². The van der Waals surface area contributed by atoms with E-state index < -0.39 is 0 Å². The molecule has 102 valence electrons. The summed E-state index contributed by atoms with van der Waals surface area (Å²) >= 11 is 0. The SMILES string of the molecule is CCCN(C)CC(NCC)c1ccc(C)c(C)c1. The van der Waals surface area contributed by atoms with Gasteiger partial charge in [-0.1, -0.05) is 32.0 Å². The van der Waals surface area contributed by atoms with Crippen molar-refractivity contribution in [2.24, 2.45) is 0 Å². The second kappa shape index (κ2) is 7.55. The Labute approximate surface area is 112 Å². The minimum atomic E-state index is 0.436. The van der Waals surface area contributed by atoms with Gasteiger partial charge < -0.3 is 10.2 Å². The van der Waals surface area contributed by atoms with Gasteiger partial charge in [0.15, 0.2) is 0 Å². The van der Waals surface area contributed by atoms with E-state index in [1.165, 1.54) is 23.1 Å². The Kier molecular flexibility index (Phi) is 6.37. The van der Waals surface area contributed by atoms with Gasteiger partial charge in [0.2, 0.25) is 0 Å². The fourth-order valence-electron chi connectivity index (χ4n) is 2.30. The molecule has 0 aliphatic carbocycles. The zero-order valence-electron chi connectivity index (χ0n) is 12.6. The fourth-order valence-corrected chi connectivity index (χ4v) is 2.30. The summed E-state index contributed by atoms with van der Waals surface area (Å²) in [5, 5.41) is 3.59. The normalized spacial score (nSPS) is 13.0. The Hall–Kier alpha value is -0.860. The van der Waals surface area contributed by atoms with Gasteiger partial charge in [-0.3, -0.25) is 0 Å². The van der Waals surface area contributed by atoms with Crippen molar-refractivity contribution in [1.29, 1.82) is 0 Å². The van der Waals surface area contributed by atoms with E-state index in [0.29, 0.717) is 6.04 Å². The van der Waals surface area contributed by atoms with Gasteiger partial charge in [0.25, 0.3) is 0 Å². The summed E-state index contributed by atoms with van der Waals surface area (Å²) in [5.74, 6) is 0. The Balaban J connectivity index is 2.79. The van der Waals surface area contributed by atoms with Gasteiger partial charge in [-0.05, 0) is 57.1 Å². The number of hydrogen-bond acceptors (Lipinski definition) is 2. The number of benzene rings is 1. The average Bonchev–Trinajstić information content (AvgIpc) is 2.32. The molecule has 0 radical (unpaired) electrons. The maximum Gasteiger partial charge on any atom is 0.0449 e. The molecule has 2 heteroatoms. The van der Waals surface area contributed by atoms with Gasteiger partial charge in [0.05, 0.1) is 0 Å². The van der Waals surface area contributed by atoms with Crippen LogP contribution in [0.25, 0.3) is 0 Å². The van der Waals surface area contributed by atoms with Crippen molar-refractivity contribution in [3.05, 3.63) is 34.9 Å². The number of likely N-dealkylation sites (N-methyl/N-ethyl adjacent to an activating group) is 2. The molecule has 0 saturated carbocycles. The third-order valence-electron chi connectivity index (χ3n) is 3.48. The summed E-state index contributed by atoms with van der Waals surface area (Å²) in [6, 6.07) is 7.25. The third kappa shape index (κ3) is 4.43. The highest BCUT2D eigenvalue weighted by atomic mass is 15.1. The van der Waals surface area contributed by atoms with Crippen molar-refractivity contribution >= 4 is 0 Å². The Morgan fingerprint density at radius 1 is 1.17 bits per heavy atom. The van der Waals surface area contributed by atoms with E-state index in [-0.39, 0.29) is 0 Å². The largest absolute Gasteiger partial charge is 0.309 e. The highest BCUT2D eigenvalue weighted by Gasteiger charge is 2.13. The Morgan fingerprint density at radius 3 is 2.44 bits per heavy atom. The minimum absolute atomic E-state index is 0.436. The number of hydrogen-bond donors (Lipinski definition) is 1. The summed E-state index contributed by atoms with van der Waals surface area (Å²) in [6.45, 7) is 12.0. The van der Waals surface area contributed by atoms with Crippen LogP contribution in [0.1, 0.15) is 43.0 Å². The van der Waals surface area contributed by atoms with Gasteiger partial charge >= 0.3 is 0 Å². The van der Waals surface area contributed by atoms with Crippen molar-refractivity contribution < 1.29 is 0 Å². The van der Waals surface area contributed by atoms with Crippen LogP contribution in [0.3, 0.4) is 0 Å². The van der Waals surface area contributed by atoms with Crippen LogP contribution in [0.15, 0.2) is 18.2 Å². The van der Waals surface area contributed by atoms with Crippen molar-refractivity contribution in [3.8, 4) is 0 Å². The molecular formula is C16H28N2. The zero-order valence-corrected chi connectivity index (χ0v) is 12.6. The second-order valence-corrected chi connectivity index (χ2v) is 5.22. The standard InChI is InChI=1S/C16H28N2/c1-6-10-18(5)12-16(17-7-2)15-9-8-13(3)14(4)11-15/h8-9,11,16-17H,6-7,10,12H2,1-5H3. The molecule has 18 heavy (non-hydrogen) atoms. The van der Waals surface area contributed by atoms with E-state index in [1.54, 1.807) is 0 Å². The molecule has 1 aromatic rings. The molecule has 1 atom stereocenters. The molecule has 0 bridgehead atoms. The van der Waals surface area contributed by atoms with Crippen LogP contribution in [-0.4, -0.2) is 31.6 Å². The predicted molar refractivity (Wildman–Crippen MR) is 80.1 cm³/mol. The number of rotatable bonds is 7. The van der Waals surface area contributed by atoms with E-state index in [0.717, 1.165) is 19.6 Å². The van der Waals surface area contributed by atoms with Crippen LogP contribution >= 0.6 is 0 Å². The summed E-state index contributed by atoms with van der Waals surface area (Å²) in [4.78, 5) is 2.41. The summed E-state index contributed by atoms with van der Waals surface area (Å²) in [7, 11) is 2.20. The molecule has 0 aliphatic rings. The summed E-state index contributed by atoms with van der Waals surface area (Å²) < 4.78 is 0. The molecule has 0 fully saturated rings. The molecule has 1 unspecified atom stereocenters. The molecule has 0 spiro atoms. The molecule has 0 aliphatic heterocycles. The monoisotopic (exact) mass is 248 g/mol. The van der Waals surface area contributed by atoms with Crippen molar-refractivity contribution in [2.45, 2.75) is 40.2 Å². The van der Waals surface area contributed by atoms with Crippen LogP contribution < -0.4 is 5.32 Å². The van der Waals surface area contributed by atoms with Gasteiger partial charge in [0.1, 0.15) is 0 Å². The van der Waals surface area contributed by atoms with Crippen molar-refractivity contribution in [1.82, 2.24) is 10.2 Å². The summed E-state index contributed by atoms with van der Waals surface area (Å²) in [6.07, 6.45) is 1.21. The number of nitrogens with zero attached hydrogens (tertiary/aromatic N) is 1. The lowest BCUT2D eigenvalue weighted by Gasteiger charge is -2.25. The first-order valence-electron chi connectivity index (χ1n) is 7.07. The lowest BCUT2D eigenvalue weighted by Crippen LogP contribution is -2.33. The second-order valence-electron chi connectivity index (χ2n) is 5.22. The van der Waals surface area contributed by atoms with Gasteiger partial charge in [-0.2, -0.15) is 0 Å². The van der Waals surface area contributed by atoms with Crippen LogP contribution in [0.4, 0.5) is 0 Å². The van der Waals surface area contributed by atoms with E-state index >= 15 is 0 Å². The van der Waals surface area contributed by atoms with E-state index in [9.17, 15) is 0 Å². The Bertz CT molecular complexity index is 360. The third-order valence-corrected chi connectivity index (χ3v) is 3.48. The minimum Gasteiger partial charge on any atom is -0.309 e. The quantitative estimate of drug-likeness (QED) is 0.796. The molecule has 1 aromatic carbocycles. The van der Waals surface area contributed by atoms with Crippen LogP contribution in [0.2, 0.25) is 0 Å². The van der Waals surface area contributed by atoms with E-state index in [1.807, 2.05) is 0 Å². The zero-order chi connectivity index (χ0) is 13.5. The molecule has 0 saturated heterocycles. The smallest absolute Gasteiger partial charge is 0.0449 e. The topological polar surface area (TPSA) is 15.3 Å². The number of nitrogens with one attached hydrogen (secondary N) is 1. The summed E-state index contributed by atoms with van der Waals surface area (Å²) in [5.41, 5.74) is 4.16. The number of aryl methyl sites for hydroxylation is 2. The first-order chi connectivity index (χ1) is 8.58. The maximum atomic E-state index is 3.59. The highest BCUT2D eigenvalue weighted by Crippen LogP contribution is 2.18. The molecule has 0 amide bonds. The van der Waals surface area contributed by atoms with Crippen LogP contribution in [-0.2, 0) is 0 Å². The van der Waals surface area contributed by atoms with Gasteiger partial charge in [-0.15, -0.1) is 0 Å². The maximum absolute atomic E-state index is 3.59. The van der Waals surface area contributed by atoms with Crippen LogP contribution in [0, 0.1) is 13.8 Å². The highest BCUT2D eigenvalue weighted by molar-refractivity contribution is 5.31. The molecule has 2 nitrogen and oxygen atoms in total. The predicted octanol–water partition coefficient (Wildman–Crippen LogP) is 3.30. The molecule has 1 N–H and O–H groups in total. The lowest BCUT2D eigenvalue weighted by molar-refractivity contribution is 0.292. The fraction of sp³-hybridized carbons (Fsp3) is 0.625. The molecular weight excluding hydrogens is 220 g/mol.